The van der Waals surface area contributed by atoms with Crippen LogP contribution >= 0.6 is 23.4 Å². The number of carbonyl (C=O) groups is 1. The van der Waals surface area contributed by atoms with Gasteiger partial charge in [0.2, 0.25) is 0 Å². The number of amidine groups is 1. The maximum Gasteiger partial charge on any atom is 0.252 e. The van der Waals surface area contributed by atoms with Crippen LogP contribution in [0.2, 0.25) is 5.02 Å². The van der Waals surface area contributed by atoms with Crippen molar-refractivity contribution in [1.82, 2.24) is 0 Å². The number of amides is 1. The van der Waals surface area contributed by atoms with E-state index in [0.717, 1.165) is 11.3 Å². The Morgan fingerprint density at radius 3 is 2.56 bits per heavy atom. The number of benzene rings is 2. The summed E-state index contributed by atoms with van der Waals surface area (Å²) < 4.78 is 24.1. The van der Waals surface area contributed by atoms with Gasteiger partial charge in [0.15, 0.2) is 15.0 Å². The van der Waals surface area contributed by atoms with Crippen molar-refractivity contribution in [2.75, 3.05) is 16.4 Å². The van der Waals surface area contributed by atoms with Crippen LogP contribution in [0.4, 0.5) is 5.69 Å². The lowest BCUT2D eigenvalue weighted by molar-refractivity contribution is -0.117. The summed E-state index contributed by atoms with van der Waals surface area (Å²) in [6.45, 7) is 0. The van der Waals surface area contributed by atoms with Crippen LogP contribution in [0.5, 0.6) is 0 Å². The molecule has 2 saturated heterocycles. The van der Waals surface area contributed by atoms with Crippen molar-refractivity contribution < 1.29 is 13.2 Å². The predicted octanol–water partition coefficient (Wildman–Crippen LogP) is 3.18. The molecule has 8 heteroatoms. The smallest absolute Gasteiger partial charge is 0.252 e. The molecular formula is C19H17ClN2O3S2. The zero-order valence-electron chi connectivity index (χ0n) is 14.3. The highest BCUT2D eigenvalue weighted by atomic mass is 35.5. The first kappa shape index (κ1) is 18.5. The third kappa shape index (κ3) is 3.90. The number of sulfone groups is 1. The van der Waals surface area contributed by atoms with Crippen LogP contribution in [0.25, 0.3) is 0 Å². The first-order valence-electron chi connectivity index (χ1n) is 8.49. The van der Waals surface area contributed by atoms with Gasteiger partial charge in [0, 0.05) is 16.0 Å². The van der Waals surface area contributed by atoms with Crippen LogP contribution in [-0.2, 0) is 21.1 Å². The Morgan fingerprint density at radius 1 is 1.11 bits per heavy atom. The van der Waals surface area contributed by atoms with E-state index in [9.17, 15) is 13.2 Å². The quantitative estimate of drug-likeness (QED) is 0.762. The molecule has 0 aromatic heterocycles. The summed E-state index contributed by atoms with van der Waals surface area (Å²) in [4.78, 5) is 18.7. The van der Waals surface area contributed by atoms with Crippen LogP contribution in [0.1, 0.15) is 5.56 Å². The van der Waals surface area contributed by atoms with E-state index in [-0.39, 0.29) is 35.1 Å². The number of hydrogen-bond acceptors (Lipinski definition) is 4. The summed E-state index contributed by atoms with van der Waals surface area (Å²) in [7, 11) is -3.07. The molecule has 0 bridgehead atoms. The van der Waals surface area contributed by atoms with Gasteiger partial charge < -0.3 is 4.90 Å². The molecule has 2 fully saturated rings. The van der Waals surface area contributed by atoms with Crippen molar-refractivity contribution in [2.24, 2.45) is 4.99 Å². The van der Waals surface area contributed by atoms with Gasteiger partial charge in [-0.1, -0.05) is 59.8 Å². The van der Waals surface area contributed by atoms with Crippen LogP contribution in [0.3, 0.4) is 0 Å². The normalized spacial score (nSPS) is 24.9. The van der Waals surface area contributed by atoms with Crippen molar-refractivity contribution in [3.05, 3.63) is 65.2 Å². The largest absolute Gasteiger partial charge is 0.316 e. The maximum atomic E-state index is 12.5. The molecule has 5 nitrogen and oxygen atoms in total. The zero-order valence-corrected chi connectivity index (χ0v) is 16.7. The fourth-order valence-electron chi connectivity index (χ4n) is 3.41. The highest BCUT2D eigenvalue weighted by Gasteiger charge is 2.49. The van der Waals surface area contributed by atoms with Gasteiger partial charge in [-0.05, 0) is 23.8 Å². The lowest BCUT2D eigenvalue weighted by atomic mass is 10.1. The third-order valence-corrected chi connectivity index (χ3v) is 8.20. The van der Waals surface area contributed by atoms with Crippen LogP contribution in [0.15, 0.2) is 59.6 Å². The summed E-state index contributed by atoms with van der Waals surface area (Å²) in [6.07, 6.45) is 0.111. The number of anilines is 1. The molecule has 0 radical (unpaired) electrons. The number of halogens is 1. The van der Waals surface area contributed by atoms with Gasteiger partial charge in [-0.2, -0.15) is 4.99 Å². The van der Waals surface area contributed by atoms with Gasteiger partial charge >= 0.3 is 0 Å². The minimum atomic E-state index is -3.07. The highest BCUT2D eigenvalue weighted by molar-refractivity contribution is 8.16. The number of fused-ring (bicyclic) bond motifs is 1. The van der Waals surface area contributed by atoms with Crippen LogP contribution < -0.4 is 4.90 Å². The number of carbonyl (C=O) groups excluding carboxylic acids is 1. The third-order valence-electron chi connectivity index (χ3n) is 4.62. The summed E-state index contributed by atoms with van der Waals surface area (Å²) in [6, 6.07) is 16.5. The van der Waals surface area contributed by atoms with E-state index in [1.807, 2.05) is 47.4 Å². The number of para-hydroxylation sites is 1. The molecule has 27 heavy (non-hydrogen) atoms. The SMILES string of the molecule is O=C(Cc1ccccc1Cl)N=C1SC2CS(=O)(=O)CC2N1c1ccccc1. The average Bonchev–Trinajstić information content (AvgIpc) is 3.08. The second-order valence-corrected chi connectivity index (χ2v) is 10.3. The lowest BCUT2D eigenvalue weighted by Gasteiger charge is -2.24. The summed E-state index contributed by atoms with van der Waals surface area (Å²) in [5.41, 5.74) is 1.57. The minimum Gasteiger partial charge on any atom is -0.316 e. The molecule has 1 amide bonds. The monoisotopic (exact) mass is 420 g/mol. The molecule has 2 aromatic rings. The molecule has 0 N–H and O–H groups in total. The van der Waals surface area contributed by atoms with E-state index < -0.39 is 9.84 Å². The van der Waals surface area contributed by atoms with E-state index in [1.54, 1.807) is 12.1 Å². The van der Waals surface area contributed by atoms with Gasteiger partial charge in [-0.15, -0.1) is 0 Å². The van der Waals surface area contributed by atoms with Crippen LogP contribution in [0, 0.1) is 0 Å². The first-order chi connectivity index (χ1) is 12.9. The molecule has 0 spiro atoms. The second kappa shape index (κ2) is 7.30. The summed E-state index contributed by atoms with van der Waals surface area (Å²) in [5, 5.41) is 0.984. The fourth-order valence-corrected chi connectivity index (χ4v) is 7.54. The Bertz CT molecular complexity index is 1010. The highest BCUT2D eigenvalue weighted by Crippen LogP contribution is 2.40. The topological polar surface area (TPSA) is 66.8 Å². The van der Waals surface area contributed by atoms with E-state index in [0.29, 0.717) is 10.2 Å². The molecule has 2 aliphatic heterocycles. The van der Waals surface area contributed by atoms with Crippen LogP contribution in [-0.4, -0.2) is 42.3 Å². The van der Waals surface area contributed by atoms with Crippen molar-refractivity contribution in [1.29, 1.82) is 0 Å². The molecule has 140 valence electrons. The van der Waals surface area contributed by atoms with Crippen molar-refractivity contribution in [2.45, 2.75) is 17.7 Å². The maximum absolute atomic E-state index is 12.5. The Kier molecular flexibility index (Phi) is 5.01. The van der Waals surface area contributed by atoms with Gasteiger partial charge in [0.25, 0.3) is 5.91 Å². The molecule has 2 unspecified atom stereocenters. The molecule has 2 heterocycles. The second-order valence-electron chi connectivity index (χ2n) is 6.56. The number of thioether (sulfide) groups is 1. The first-order valence-corrected chi connectivity index (χ1v) is 11.6. The molecular weight excluding hydrogens is 404 g/mol. The van der Waals surface area contributed by atoms with E-state index in [4.69, 9.17) is 11.6 Å². The standard InChI is InChI=1S/C19H17ClN2O3S2/c20-15-9-5-4-6-13(15)10-18(23)21-19-22(14-7-2-1-3-8-14)16-11-27(24,25)12-17(16)26-19/h1-9,16-17H,10-12H2. The molecule has 0 saturated carbocycles. The molecule has 2 aliphatic rings. The van der Waals surface area contributed by atoms with Crippen molar-refractivity contribution in [3.63, 3.8) is 0 Å². The van der Waals surface area contributed by atoms with E-state index in [2.05, 4.69) is 4.99 Å². The van der Waals surface area contributed by atoms with E-state index in [1.165, 1.54) is 11.8 Å². The van der Waals surface area contributed by atoms with Gasteiger partial charge in [-0.25, -0.2) is 8.42 Å². The number of nitrogens with zero attached hydrogens (tertiary/aromatic N) is 2. The lowest BCUT2D eigenvalue weighted by Crippen LogP contribution is -2.37. The van der Waals surface area contributed by atoms with Crippen molar-refractivity contribution >= 4 is 50.0 Å². The van der Waals surface area contributed by atoms with Gasteiger partial charge in [-0.3, -0.25) is 4.79 Å². The Hall–Kier alpha value is -1.83. The van der Waals surface area contributed by atoms with Crippen molar-refractivity contribution in [3.8, 4) is 0 Å². The fraction of sp³-hybridized carbons (Fsp3) is 0.263. The summed E-state index contributed by atoms with van der Waals surface area (Å²) >= 11 is 7.51. The molecule has 4 rings (SSSR count). The Morgan fingerprint density at radius 2 is 1.81 bits per heavy atom. The number of rotatable bonds is 3. The minimum absolute atomic E-state index is 0.0806. The van der Waals surface area contributed by atoms with Gasteiger partial charge in [0.1, 0.15) is 0 Å². The predicted molar refractivity (Wildman–Crippen MR) is 110 cm³/mol. The zero-order chi connectivity index (χ0) is 19.0. The Balaban J connectivity index is 1.64. The molecule has 2 aromatic carbocycles. The summed E-state index contributed by atoms with van der Waals surface area (Å²) in [5.74, 6) is -0.102. The average molecular weight is 421 g/mol. The van der Waals surface area contributed by atoms with E-state index >= 15 is 0 Å². The molecule has 2 atom stereocenters. The van der Waals surface area contributed by atoms with Gasteiger partial charge in [0.05, 0.1) is 24.0 Å². The Labute approximate surface area is 167 Å². The molecule has 0 aliphatic carbocycles. The number of aliphatic imine (C=N–C) groups is 1. The number of hydrogen-bond donors (Lipinski definition) is 0.